The van der Waals surface area contributed by atoms with Gasteiger partial charge in [-0.15, -0.1) is 0 Å². The highest BCUT2D eigenvalue weighted by Gasteiger charge is 2.29. The van der Waals surface area contributed by atoms with Crippen LogP contribution in [0.3, 0.4) is 0 Å². The minimum absolute atomic E-state index is 0.612. The summed E-state index contributed by atoms with van der Waals surface area (Å²) in [5.41, 5.74) is 2.03. The largest absolute Gasteiger partial charge is 0.464 e. The molecule has 1 heterocycles. The van der Waals surface area contributed by atoms with Crippen LogP contribution in [0.1, 0.15) is 16.7 Å². The fourth-order valence-corrected chi connectivity index (χ4v) is 2.44. The van der Waals surface area contributed by atoms with Crippen LogP contribution in [0.4, 0.5) is 13.2 Å². The van der Waals surface area contributed by atoms with E-state index in [2.05, 4.69) is 5.32 Å². The summed E-state index contributed by atoms with van der Waals surface area (Å²) in [6.07, 6.45) is 1.11. The predicted octanol–water partition coefficient (Wildman–Crippen LogP) is 5.25. The van der Waals surface area contributed by atoms with Gasteiger partial charge in [-0.05, 0) is 23.8 Å². The van der Waals surface area contributed by atoms with Crippen molar-refractivity contribution in [3.8, 4) is 0 Å². The number of benzene rings is 2. The molecule has 0 saturated carbocycles. The number of rotatable bonds is 5. The van der Waals surface area contributed by atoms with Crippen molar-refractivity contribution in [2.45, 2.75) is 12.7 Å². The van der Waals surface area contributed by atoms with Crippen LogP contribution >= 0.6 is 0 Å². The molecule has 0 spiro atoms. The lowest BCUT2D eigenvalue weighted by molar-refractivity contribution is -0.137. The standard InChI is InChI=1S/C19H16F3NO/c20-19(21,22)16-9-7-14(8-10-16)4-3-11-23-12-15-13-24-18-6-2-1-5-17(15)18/h1-10,13,23H,11-12H2/b4-3+. The Morgan fingerprint density at radius 2 is 1.75 bits per heavy atom. The number of hydrogen-bond acceptors (Lipinski definition) is 2. The third-order valence-corrected chi connectivity index (χ3v) is 3.69. The Kier molecular flexibility index (Phi) is 4.71. The van der Waals surface area contributed by atoms with E-state index in [1.165, 1.54) is 12.1 Å². The summed E-state index contributed by atoms with van der Waals surface area (Å²) in [4.78, 5) is 0. The van der Waals surface area contributed by atoms with E-state index < -0.39 is 11.7 Å². The lowest BCUT2D eigenvalue weighted by atomic mass is 10.1. The van der Waals surface area contributed by atoms with Crippen LogP contribution in [-0.2, 0) is 12.7 Å². The van der Waals surface area contributed by atoms with Crippen LogP contribution in [0.5, 0.6) is 0 Å². The van der Waals surface area contributed by atoms with Gasteiger partial charge in [-0.1, -0.05) is 42.5 Å². The molecule has 1 N–H and O–H groups in total. The Hall–Kier alpha value is -2.53. The highest BCUT2D eigenvalue weighted by atomic mass is 19.4. The van der Waals surface area contributed by atoms with E-state index in [-0.39, 0.29) is 0 Å². The fraction of sp³-hybridized carbons (Fsp3) is 0.158. The molecule has 2 aromatic carbocycles. The van der Waals surface area contributed by atoms with Crippen molar-refractivity contribution in [2.24, 2.45) is 0 Å². The van der Waals surface area contributed by atoms with Gasteiger partial charge in [0, 0.05) is 24.0 Å². The molecule has 0 aliphatic heterocycles. The molecule has 3 aromatic rings. The summed E-state index contributed by atoms with van der Waals surface area (Å²) in [5, 5.41) is 4.34. The van der Waals surface area contributed by atoms with Gasteiger partial charge in [0.15, 0.2) is 0 Å². The maximum absolute atomic E-state index is 12.5. The van der Waals surface area contributed by atoms with Crippen molar-refractivity contribution in [1.29, 1.82) is 0 Å². The van der Waals surface area contributed by atoms with Gasteiger partial charge in [-0.2, -0.15) is 13.2 Å². The van der Waals surface area contributed by atoms with Crippen LogP contribution < -0.4 is 5.32 Å². The average molecular weight is 331 g/mol. The van der Waals surface area contributed by atoms with Crippen molar-refractivity contribution in [2.75, 3.05) is 6.54 Å². The molecule has 0 amide bonds. The summed E-state index contributed by atoms with van der Waals surface area (Å²) in [7, 11) is 0. The van der Waals surface area contributed by atoms with Crippen LogP contribution in [0.25, 0.3) is 17.0 Å². The smallest absolute Gasteiger partial charge is 0.416 e. The van der Waals surface area contributed by atoms with Gasteiger partial charge in [0.25, 0.3) is 0 Å². The van der Waals surface area contributed by atoms with E-state index in [4.69, 9.17) is 4.42 Å². The highest BCUT2D eigenvalue weighted by Crippen LogP contribution is 2.29. The first-order valence-corrected chi connectivity index (χ1v) is 7.54. The normalized spacial score (nSPS) is 12.3. The number of nitrogens with one attached hydrogen (secondary N) is 1. The number of alkyl halides is 3. The molecule has 1 aromatic heterocycles. The van der Waals surface area contributed by atoms with Crippen LogP contribution in [0.15, 0.2) is 65.3 Å². The maximum Gasteiger partial charge on any atom is 0.416 e. The monoisotopic (exact) mass is 331 g/mol. The SMILES string of the molecule is FC(F)(F)c1ccc(/C=C/CNCc2coc3ccccc23)cc1. The second-order valence-corrected chi connectivity index (χ2v) is 5.41. The van der Waals surface area contributed by atoms with Gasteiger partial charge in [-0.3, -0.25) is 0 Å². The number of halogens is 3. The third-order valence-electron chi connectivity index (χ3n) is 3.69. The Morgan fingerprint density at radius 3 is 2.50 bits per heavy atom. The molecule has 0 saturated heterocycles. The Labute approximate surface area is 137 Å². The lowest BCUT2D eigenvalue weighted by Crippen LogP contribution is -2.12. The molecule has 0 aliphatic rings. The van der Waals surface area contributed by atoms with Gasteiger partial charge in [0.1, 0.15) is 5.58 Å². The van der Waals surface area contributed by atoms with E-state index in [0.29, 0.717) is 13.1 Å². The summed E-state index contributed by atoms with van der Waals surface area (Å²) in [5.74, 6) is 0. The summed E-state index contributed by atoms with van der Waals surface area (Å²) >= 11 is 0. The minimum Gasteiger partial charge on any atom is -0.464 e. The second kappa shape index (κ2) is 6.93. The lowest BCUT2D eigenvalue weighted by Gasteiger charge is -2.05. The zero-order valence-corrected chi connectivity index (χ0v) is 12.8. The summed E-state index contributed by atoms with van der Waals surface area (Å²) in [6.45, 7) is 1.27. The van der Waals surface area contributed by atoms with Crippen LogP contribution in [-0.4, -0.2) is 6.54 Å². The Morgan fingerprint density at radius 1 is 1.00 bits per heavy atom. The molecule has 3 rings (SSSR count). The first kappa shape index (κ1) is 16.3. The van der Waals surface area contributed by atoms with Gasteiger partial charge in [0.05, 0.1) is 11.8 Å². The third kappa shape index (κ3) is 3.86. The first-order chi connectivity index (χ1) is 11.5. The highest BCUT2D eigenvalue weighted by molar-refractivity contribution is 5.80. The average Bonchev–Trinajstić information content (AvgIpc) is 2.97. The van der Waals surface area contributed by atoms with Crippen molar-refractivity contribution in [3.63, 3.8) is 0 Å². The quantitative estimate of drug-likeness (QED) is 0.646. The number of hydrogen-bond donors (Lipinski definition) is 1. The van der Waals surface area contributed by atoms with E-state index in [1.54, 1.807) is 12.3 Å². The summed E-state index contributed by atoms with van der Waals surface area (Å²) in [6, 6.07) is 12.9. The first-order valence-electron chi connectivity index (χ1n) is 7.54. The van der Waals surface area contributed by atoms with Gasteiger partial charge < -0.3 is 9.73 Å². The summed E-state index contributed by atoms with van der Waals surface area (Å²) < 4.78 is 42.9. The zero-order valence-electron chi connectivity index (χ0n) is 12.8. The molecule has 0 aliphatic carbocycles. The van der Waals surface area contributed by atoms with E-state index >= 15 is 0 Å². The molecule has 5 heteroatoms. The van der Waals surface area contributed by atoms with Crippen molar-refractivity contribution < 1.29 is 17.6 Å². The van der Waals surface area contributed by atoms with Crippen LogP contribution in [0.2, 0.25) is 0 Å². The molecule has 24 heavy (non-hydrogen) atoms. The number of para-hydroxylation sites is 1. The van der Waals surface area contributed by atoms with E-state index in [9.17, 15) is 13.2 Å². The molecule has 124 valence electrons. The van der Waals surface area contributed by atoms with Crippen LogP contribution in [0, 0.1) is 0 Å². The molecule has 0 unspecified atom stereocenters. The van der Waals surface area contributed by atoms with Gasteiger partial charge >= 0.3 is 6.18 Å². The Balaban J connectivity index is 1.52. The van der Waals surface area contributed by atoms with Crippen molar-refractivity contribution in [1.82, 2.24) is 5.32 Å². The maximum atomic E-state index is 12.5. The molecule has 0 bridgehead atoms. The molecule has 0 atom stereocenters. The van der Waals surface area contributed by atoms with Crippen molar-refractivity contribution >= 4 is 17.0 Å². The minimum atomic E-state index is -4.29. The van der Waals surface area contributed by atoms with E-state index in [0.717, 1.165) is 34.2 Å². The number of fused-ring (bicyclic) bond motifs is 1. The van der Waals surface area contributed by atoms with Crippen molar-refractivity contribution in [3.05, 3.63) is 77.6 Å². The zero-order chi connectivity index (χ0) is 17.0. The van der Waals surface area contributed by atoms with E-state index in [1.807, 2.05) is 30.3 Å². The van der Waals surface area contributed by atoms with Gasteiger partial charge in [0.2, 0.25) is 0 Å². The molecular weight excluding hydrogens is 315 g/mol. The molecule has 0 fully saturated rings. The Bertz CT molecular complexity index is 832. The second-order valence-electron chi connectivity index (χ2n) is 5.41. The predicted molar refractivity (Wildman–Crippen MR) is 88.4 cm³/mol. The molecule has 2 nitrogen and oxygen atoms in total. The molecule has 0 radical (unpaired) electrons. The topological polar surface area (TPSA) is 25.2 Å². The molecular formula is C19H16F3NO. The van der Waals surface area contributed by atoms with Gasteiger partial charge in [-0.25, -0.2) is 0 Å². The number of furan rings is 1. The fourth-order valence-electron chi connectivity index (χ4n) is 2.44.